The molecule has 0 heterocycles. The number of aliphatic carboxylic acids is 1. The minimum Gasteiger partial charge on any atom is -0.481 e. The number of amides is 1. The first-order valence-corrected chi connectivity index (χ1v) is 6.03. The molecule has 0 atom stereocenters. The predicted octanol–water partition coefficient (Wildman–Crippen LogP) is 2.24. The van der Waals surface area contributed by atoms with E-state index < -0.39 is 5.97 Å². The Morgan fingerprint density at radius 1 is 1.17 bits per heavy atom. The first-order valence-electron chi connectivity index (χ1n) is 6.03. The van der Waals surface area contributed by atoms with E-state index in [0.717, 1.165) is 11.1 Å². The van der Waals surface area contributed by atoms with Gasteiger partial charge in [-0.1, -0.05) is 17.2 Å². The normalized spacial score (nSPS) is 10.2. The van der Waals surface area contributed by atoms with Gasteiger partial charge in [-0.15, -0.1) is 0 Å². The second kappa shape index (κ2) is 6.19. The molecule has 18 heavy (non-hydrogen) atoms. The molecule has 0 aliphatic heterocycles. The molecule has 0 unspecified atom stereocenters. The van der Waals surface area contributed by atoms with Crippen LogP contribution in [-0.4, -0.2) is 35.0 Å². The fourth-order valence-corrected chi connectivity index (χ4v) is 1.91. The summed E-state index contributed by atoms with van der Waals surface area (Å²) in [7, 11) is 0. The minimum atomic E-state index is -0.887. The van der Waals surface area contributed by atoms with Crippen molar-refractivity contribution in [3.05, 3.63) is 34.9 Å². The molecule has 0 aromatic heterocycles. The van der Waals surface area contributed by atoms with Crippen molar-refractivity contribution in [2.24, 2.45) is 0 Å². The van der Waals surface area contributed by atoms with E-state index >= 15 is 0 Å². The molecule has 0 bridgehead atoms. The Morgan fingerprint density at radius 2 is 1.72 bits per heavy atom. The third-order valence-corrected chi connectivity index (χ3v) is 2.73. The summed E-state index contributed by atoms with van der Waals surface area (Å²) >= 11 is 0. The second-order valence-electron chi connectivity index (χ2n) is 4.40. The number of carboxylic acids is 1. The maximum absolute atomic E-state index is 12.2. The van der Waals surface area contributed by atoms with Gasteiger partial charge in [0.2, 0.25) is 0 Å². The van der Waals surface area contributed by atoms with Gasteiger partial charge in [0.1, 0.15) is 0 Å². The third kappa shape index (κ3) is 3.87. The van der Waals surface area contributed by atoms with E-state index in [1.54, 1.807) is 4.90 Å². The average molecular weight is 249 g/mol. The summed E-state index contributed by atoms with van der Waals surface area (Å²) in [5.74, 6) is -0.993. The average Bonchev–Trinajstić information content (AvgIpc) is 2.27. The quantitative estimate of drug-likeness (QED) is 0.870. The van der Waals surface area contributed by atoms with E-state index in [1.807, 2.05) is 39.0 Å². The molecule has 1 rings (SSSR count). The highest BCUT2D eigenvalue weighted by atomic mass is 16.4. The van der Waals surface area contributed by atoms with Crippen LogP contribution in [0.3, 0.4) is 0 Å². The lowest BCUT2D eigenvalue weighted by molar-refractivity contribution is -0.137. The molecular weight excluding hydrogens is 230 g/mol. The number of carbonyl (C=O) groups is 2. The number of carbonyl (C=O) groups excluding carboxylic acids is 1. The summed E-state index contributed by atoms with van der Waals surface area (Å²) in [6.45, 7) is 6.49. The van der Waals surface area contributed by atoms with Crippen molar-refractivity contribution in [3.8, 4) is 0 Å². The molecule has 0 aliphatic carbocycles. The van der Waals surface area contributed by atoms with Crippen LogP contribution in [0.5, 0.6) is 0 Å². The van der Waals surface area contributed by atoms with Gasteiger partial charge in [-0.25, -0.2) is 0 Å². The molecule has 1 aromatic carbocycles. The Labute approximate surface area is 107 Å². The lowest BCUT2D eigenvalue weighted by Crippen LogP contribution is -2.32. The Hall–Kier alpha value is -1.84. The maximum Gasteiger partial charge on any atom is 0.305 e. The van der Waals surface area contributed by atoms with Crippen LogP contribution < -0.4 is 0 Å². The van der Waals surface area contributed by atoms with Crippen molar-refractivity contribution >= 4 is 11.9 Å². The lowest BCUT2D eigenvalue weighted by Gasteiger charge is -2.20. The van der Waals surface area contributed by atoms with E-state index in [4.69, 9.17) is 5.11 Å². The zero-order valence-corrected chi connectivity index (χ0v) is 11.1. The van der Waals surface area contributed by atoms with E-state index in [1.165, 1.54) is 0 Å². The van der Waals surface area contributed by atoms with E-state index in [9.17, 15) is 9.59 Å². The number of nitrogens with zero attached hydrogens (tertiary/aromatic N) is 1. The highest BCUT2D eigenvalue weighted by molar-refractivity contribution is 5.94. The molecule has 0 fully saturated rings. The van der Waals surface area contributed by atoms with Gasteiger partial charge in [0.15, 0.2) is 0 Å². The van der Waals surface area contributed by atoms with Gasteiger partial charge >= 0.3 is 5.97 Å². The molecule has 0 aliphatic rings. The number of carboxylic acid groups (broad SMARTS) is 1. The number of hydrogen-bond acceptors (Lipinski definition) is 2. The topological polar surface area (TPSA) is 57.6 Å². The third-order valence-electron chi connectivity index (χ3n) is 2.73. The molecule has 0 spiro atoms. The van der Waals surface area contributed by atoms with E-state index in [-0.39, 0.29) is 18.9 Å². The number of aryl methyl sites for hydroxylation is 2. The van der Waals surface area contributed by atoms with Gasteiger partial charge in [0.25, 0.3) is 5.91 Å². The molecule has 4 nitrogen and oxygen atoms in total. The Balaban J connectivity index is 2.85. The van der Waals surface area contributed by atoms with Crippen LogP contribution >= 0.6 is 0 Å². The highest BCUT2D eigenvalue weighted by Crippen LogP contribution is 2.11. The van der Waals surface area contributed by atoms with Crippen LogP contribution in [0, 0.1) is 13.8 Å². The summed E-state index contributed by atoms with van der Waals surface area (Å²) in [5, 5.41) is 8.66. The van der Waals surface area contributed by atoms with Crippen LogP contribution in [0.15, 0.2) is 18.2 Å². The summed E-state index contributed by atoms with van der Waals surface area (Å²) in [6, 6.07) is 5.67. The number of rotatable bonds is 5. The van der Waals surface area contributed by atoms with Gasteiger partial charge in [-0.05, 0) is 32.9 Å². The molecule has 4 heteroatoms. The van der Waals surface area contributed by atoms with Crippen LogP contribution in [0.1, 0.15) is 34.8 Å². The summed E-state index contributed by atoms with van der Waals surface area (Å²) in [4.78, 5) is 24.3. The standard InChI is InChI=1S/C14H19NO3/c1-4-15(6-5-13(16)17)14(18)12-8-10(2)7-11(3)9-12/h7-9H,4-6H2,1-3H3,(H,16,17). The van der Waals surface area contributed by atoms with Gasteiger partial charge in [-0.3, -0.25) is 9.59 Å². The van der Waals surface area contributed by atoms with Gasteiger partial charge < -0.3 is 10.0 Å². The Kier molecular flexibility index (Phi) is 4.89. The van der Waals surface area contributed by atoms with Crippen molar-refractivity contribution in [1.29, 1.82) is 0 Å². The van der Waals surface area contributed by atoms with E-state index in [2.05, 4.69) is 0 Å². The molecule has 98 valence electrons. The Morgan fingerprint density at radius 3 is 2.17 bits per heavy atom. The first kappa shape index (κ1) is 14.2. The fourth-order valence-electron chi connectivity index (χ4n) is 1.91. The van der Waals surface area contributed by atoms with Crippen LogP contribution in [0.2, 0.25) is 0 Å². The Bertz CT molecular complexity index is 434. The van der Waals surface area contributed by atoms with Gasteiger partial charge in [0.05, 0.1) is 6.42 Å². The monoisotopic (exact) mass is 249 g/mol. The van der Waals surface area contributed by atoms with Crippen molar-refractivity contribution in [3.63, 3.8) is 0 Å². The highest BCUT2D eigenvalue weighted by Gasteiger charge is 2.15. The molecule has 0 saturated carbocycles. The predicted molar refractivity (Wildman–Crippen MR) is 69.7 cm³/mol. The maximum atomic E-state index is 12.2. The number of hydrogen-bond donors (Lipinski definition) is 1. The molecule has 1 aromatic rings. The smallest absolute Gasteiger partial charge is 0.305 e. The largest absolute Gasteiger partial charge is 0.481 e. The van der Waals surface area contributed by atoms with Crippen molar-refractivity contribution in [2.45, 2.75) is 27.2 Å². The van der Waals surface area contributed by atoms with Gasteiger partial charge in [0, 0.05) is 18.7 Å². The molecule has 1 amide bonds. The summed E-state index contributed by atoms with van der Waals surface area (Å²) < 4.78 is 0. The zero-order valence-electron chi connectivity index (χ0n) is 11.1. The van der Waals surface area contributed by atoms with Crippen molar-refractivity contribution in [1.82, 2.24) is 4.90 Å². The van der Waals surface area contributed by atoms with Gasteiger partial charge in [-0.2, -0.15) is 0 Å². The molecule has 0 radical (unpaired) electrons. The lowest BCUT2D eigenvalue weighted by atomic mass is 10.1. The van der Waals surface area contributed by atoms with Crippen molar-refractivity contribution in [2.75, 3.05) is 13.1 Å². The fraction of sp³-hybridized carbons (Fsp3) is 0.429. The molecule has 0 saturated heterocycles. The molecule has 1 N–H and O–H groups in total. The zero-order chi connectivity index (χ0) is 13.7. The van der Waals surface area contributed by atoms with E-state index in [0.29, 0.717) is 12.1 Å². The number of benzene rings is 1. The van der Waals surface area contributed by atoms with Crippen LogP contribution in [0.4, 0.5) is 0 Å². The summed E-state index contributed by atoms with van der Waals surface area (Å²) in [6.07, 6.45) is -0.0234. The van der Waals surface area contributed by atoms with Crippen LogP contribution in [-0.2, 0) is 4.79 Å². The first-order chi connectivity index (χ1) is 8.43. The second-order valence-corrected chi connectivity index (χ2v) is 4.40. The summed E-state index contributed by atoms with van der Waals surface area (Å²) in [5.41, 5.74) is 2.69. The molecular formula is C14H19NO3. The van der Waals surface area contributed by atoms with Crippen molar-refractivity contribution < 1.29 is 14.7 Å². The van der Waals surface area contributed by atoms with Crippen LogP contribution in [0.25, 0.3) is 0 Å². The minimum absolute atomic E-state index is 0.0234. The SMILES string of the molecule is CCN(CCC(=O)O)C(=O)c1cc(C)cc(C)c1.